The Bertz CT molecular complexity index is 1590. The van der Waals surface area contributed by atoms with Crippen molar-refractivity contribution in [3.8, 4) is 0 Å². The number of fused-ring (bicyclic) bond motifs is 3. The van der Waals surface area contributed by atoms with Gasteiger partial charge < -0.3 is 15.4 Å². The van der Waals surface area contributed by atoms with Crippen LogP contribution < -0.4 is 10.6 Å². The van der Waals surface area contributed by atoms with Crippen molar-refractivity contribution < 1.29 is 19.1 Å². The molecule has 0 radical (unpaired) electrons. The van der Waals surface area contributed by atoms with Gasteiger partial charge in [-0.15, -0.1) is 0 Å². The van der Waals surface area contributed by atoms with Crippen molar-refractivity contribution in [2.75, 3.05) is 6.61 Å². The van der Waals surface area contributed by atoms with Gasteiger partial charge in [0.15, 0.2) is 0 Å². The number of nitrogens with one attached hydrogen (secondary N) is 2. The molecule has 1 saturated carbocycles. The van der Waals surface area contributed by atoms with Gasteiger partial charge in [0.2, 0.25) is 0 Å². The Morgan fingerprint density at radius 2 is 1.98 bits per heavy atom. The highest BCUT2D eigenvalue weighted by Gasteiger charge is 2.35. The lowest BCUT2D eigenvalue weighted by molar-refractivity contribution is 0.0548. The summed E-state index contributed by atoms with van der Waals surface area (Å²) in [6.07, 6.45) is 14.5. The lowest BCUT2D eigenvalue weighted by atomic mass is 9.90. The van der Waals surface area contributed by atoms with E-state index in [1.807, 2.05) is 19.1 Å². The monoisotopic (exact) mass is 538 g/mol. The van der Waals surface area contributed by atoms with Crippen LogP contribution >= 0.6 is 0 Å². The van der Waals surface area contributed by atoms with Crippen LogP contribution in [0.1, 0.15) is 73.3 Å². The average Bonchev–Trinajstić information content (AvgIpc) is 3.70. The summed E-state index contributed by atoms with van der Waals surface area (Å²) in [4.78, 5) is 47.8. The van der Waals surface area contributed by atoms with Crippen molar-refractivity contribution in [3.05, 3.63) is 95.1 Å². The third-order valence-electron chi connectivity index (χ3n) is 8.16. The number of benzene rings is 1. The van der Waals surface area contributed by atoms with Gasteiger partial charge in [-0.3, -0.25) is 9.59 Å². The maximum atomic E-state index is 13.5. The summed E-state index contributed by atoms with van der Waals surface area (Å²) in [6, 6.07) is 4.81. The van der Waals surface area contributed by atoms with Gasteiger partial charge in [-0.1, -0.05) is 43.0 Å². The Morgan fingerprint density at radius 1 is 1.12 bits per heavy atom. The van der Waals surface area contributed by atoms with Crippen LogP contribution in [0.15, 0.2) is 61.5 Å². The Labute approximate surface area is 231 Å². The van der Waals surface area contributed by atoms with E-state index in [2.05, 4.69) is 50.5 Å². The first-order valence-corrected chi connectivity index (χ1v) is 13.5. The fraction of sp³-hybridized carbons (Fsp3) is 0.333. The third-order valence-corrected chi connectivity index (χ3v) is 8.16. The zero-order valence-corrected chi connectivity index (χ0v) is 22.2. The first-order valence-electron chi connectivity index (χ1n) is 13.5. The van der Waals surface area contributed by atoms with Crippen molar-refractivity contribution in [2.45, 2.75) is 44.7 Å². The van der Waals surface area contributed by atoms with E-state index in [1.54, 1.807) is 6.07 Å². The first-order chi connectivity index (χ1) is 19.4. The Morgan fingerprint density at radius 3 is 2.83 bits per heavy atom. The molecule has 2 heterocycles. The maximum Gasteiger partial charge on any atom is 0.338 e. The molecule has 204 valence electrons. The Hall–Kier alpha value is -4.60. The van der Waals surface area contributed by atoms with Crippen molar-refractivity contribution >= 4 is 23.6 Å². The first kappa shape index (κ1) is 25.7. The maximum absolute atomic E-state index is 13.5. The van der Waals surface area contributed by atoms with Crippen LogP contribution in [-0.4, -0.2) is 50.0 Å². The molecule has 2 unspecified atom stereocenters. The SMILES string of the molecule is C=CCOC(=O)c1ccc2c(c1C)CC[C@@H]2NC(=O)c1cc(C(=O)N[C@H]2CCC3C=CC=CC32)nc2ncnn12. The summed E-state index contributed by atoms with van der Waals surface area (Å²) in [6.45, 7) is 5.62. The normalized spacial score (nSPS) is 22.5. The number of amides is 2. The second-order valence-corrected chi connectivity index (χ2v) is 10.4. The van der Waals surface area contributed by atoms with Crippen LogP contribution in [0.3, 0.4) is 0 Å². The molecule has 3 aliphatic carbocycles. The number of carbonyl (C=O) groups is 3. The summed E-state index contributed by atoms with van der Waals surface area (Å²) in [5.74, 6) is -0.274. The standard InChI is InChI=1S/C30H30N6O4/c1-3-14-40-29(39)20-9-10-22-19(17(20)2)11-13-24(22)34-28(38)26-15-25(35-30-31-16-32-36(26)30)27(37)33-23-12-8-18-6-4-5-7-21(18)23/h3-7,9-10,15-16,18,21,23-24H,1,8,11-14H2,2H3,(H,33,37)(H,34,38)/t18?,21?,23-,24-/m0/s1. The lowest BCUT2D eigenvalue weighted by Crippen LogP contribution is -2.39. The third kappa shape index (κ3) is 4.59. The predicted octanol–water partition coefficient (Wildman–Crippen LogP) is 3.44. The molecule has 0 aliphatic heterocycles. The minimum atomic E-state index is -0.395. The molecule has 40 heavy (non-hydrogen) atoms. The average molecular weight is 539 g/mol. The number of ether oxygens (including phenoxy) is 1. The molecular weight excluding hydrogens is 508 g/mol. The second-order valence-electron chi connectivity index (χ2n) is 10.4. The van der Waals surface area contributed by atoms with Crippen LogP contribution in [0, 0.1) is 18.8 Å². The highest BCUT2D eigenvalue weighted by atomic mass is 16.5. The van der Waals surface area contributed by atoms with Gasteiger partial charge in [-0.05, 0) is 61.3 Å². The van der Waals surface area contributed by atoms with Crippen molar-refractivity contribution in [1.82, 2.24) is 30.2 Å². The summed E-state index contributed by atoms with van der Waals surface area (Å²) >= 11 is 0. The fourth-order valence-electron chi connectivity index (χ4n) is 6.15. The lowest BCUT2D eigenvalue weighted by Gasteiger charge is -2.22. The molecule has 4 atom stereocenters. The largest absolute Gasteiger partial charge is 0.458 e. The van der Waals surface area contributed by atoms with E-state index in [9.17, 15) is 14.4 Å². The number of allylic oxidation sites excluding steroid dienone is 3. The van der Waals surface area contributed by atoms with Gasteiger partial charge in [0.05, 0.1) is 11.6 Å². The molecule has 0 bridgehead atoms. The zero-order chi connectivity index (χ0) is 27.8. The molecule has 3 aromatic rings. The number of rotatable bonds is 7. The van der Waals surface area contributed by atoms with E-state index < -0.39 is 11.9 Å². The molecule has 3 aliphatic rings. The summed E-state index contributed by atoms with van der Waals surface area (Å²) in [5.41, 5.74) is 3.64. The molecule has 2 aromatic heterocycles. The van der Waals surface area contributed by atoms with Gasteiger partial charge >= 0.3 is 5.97 Å². The van der Waals surface area contributed by atoms with E-state index in [0.717, 1.165) is 29.5 Å². The molecule has 2 N–H and O–H groups in total. The number of carbonyl (C=O) groups excluding carboxylic acids is 3. The van der Waals surface area contributed by atoms with Crippen molar-refractivity contribution in [3.63, 3.8) is 0 Å². The molecule has 10 heteroatoms. The highest BCUT2D eigenvalue weighted by molar-refractivity contribution is 5.98. The Kier molecular flexibility index (Phi) is 6.75. The van der Waals surface area contributed by atoms with E-state index in [-0.39, 0.29) is 47.7 Å². The van der Waals surface area contributed by atoms with Crippen LogP contribution in [-0.2, 0) is 11.2 Å². The predicted molar refractivity (Wildman–Crippen MR) is 147 cm³/mol. The Balaban J connectivity index is 1.22. The quantitative estimate of drug-likeness (QED) is 0.348. The minimum absolute atomic E-state index is 0.00375. The van der Waals surface area contributed by atoms with E-state index in [1.165, 1.54) is 23.0 Å². The number of nitrogens with zero attached hydrogens (tertiary/aromatic N) is 4. The van der Waals surface area contributed by atoms with Crippen molar-refractivity contribution in [1.29, 1.82) is 0 Å². The van der Waals surface area contributed by atoms with E-state index in [0.29, 0.717) is 24.3 Å². The molecule has 1 fully saturated rings. The summed E-state index contributed by atoms with van der Waals surface area (Å²) in [7, 11) is 0. The van der Waals surface area contributed by atoms with Gasteiger partial charge in [0.25, 0.3) is 17.6 Å². The smallest absolute Gasteiger partial charge is 0.338 e. The summed E-state index contributed by atoms with van der Waals surface area (Å²) < 4.78 is 6.55. The highest BCUT2D eigenvalue weighted by Crippen LogP contribution is 2.37. The van der Waals surface area contributed by atoms with Gasteiger partial charge in [0.1, 0.15) is 24.3 Å². The molecule has 0 saturated heterocycles. The minimum Gasteiger partial charge on any atom is -0.458 e. The van der Waals surface area contributed by atoms with Crippen LogP contribution in [0.5, 0.6) is 0 Å². The zero-order valence-electron chi connectivity index (χ0n) is 22.2. The molecule has 10 nitrogen and oxygen atoms in total. The number of hydrogen-bond acceptors (Lipinski definition) is 7. The fourth-order valence-corrected chi connectivity index (χ4v) is 6.15. The van der Waals surface area contributed by atoms with Gasteiger partial charge in [-0.2, -0.15) is 14.6 Å². The van der Waals surface area contributed by atoms with Crippen LogP contribution in [0.4, 0.5) is 0 Å². The molecule has 2 amide bonds. The second kappa shape index (κ2) is 10.5. The number of aromatic nitrogens is 4. The van der Waals surface area contributed by atoms with Crippen LogP contribution in [0.25, 0.3) is 5.78 Å². The molecule has 6 rings (SSSR count). The molecule has 0 spiro atoms. The van der Waals surface area contributed by atoms with E-state index >= 15 is 0 Å². The topological polar surface area (TPSA) is 128 Å². The van der Waals surface area contributed by atoms with Gasteiger partial charge in [-0.25, -0.2) is 9.78 Å². The van der Waals surface area contributed by atoms with Crippen molar-refractivity contribution in [2.24, 2.45) is 11.8 Å². The van der Waals surface area contributed by atoms with Gasteiger partial charge in [0, 0.05) is 18.0 Å². The van der Waals surface area contributed by atoms with E-state index in [4.69, 9.17) is 4.74 Å². The number of esters is 1. The molecule has 1 aromatic carbocycles. The number of hydrogen-bond donors (Lipinski definition) is 2. The summed E-state index contributed by atoms with van der Waals surface area (Å²) in [5, 5.41) is 10.4. The van der Waals surface area contributed by atoms with Crippen LogP contribution in [0.2, 0.25) is 0 Å². The molecular formula is C30H30N6O4.